The Hall–Kier alpha value is -1.75. The van der Waals surface area contributed by atoms with E-state index in [0.29, 0.717) is 29.6 Å². The van der Waals surface area contributed by atoms with Crippen molar-refractivity contribution in [2.75, 3.05) is 0 Å². The van der Waals surface area contributed by atoms with Crippen molar-refractivity contribution in [3.05, 3.63) is 41.1 Å². The van der Waals surface area contributed by atoms with Crippen molar-refractivity contribution in [2.24, 2.45) is 0 Å². The molecule has 0 atom stereocenters. The first-order chi connectivity index (χ1) is 8.22. The summed E-state index contributed by atoms with van der Waals surface area (Å²) in [5, 5.41) is 7.08. The van der Waals surface area contributed by atoms with E-state index in [4.69, 9.17) is 16.0 Å². The highest BCUT2D eigenvalue weighted by Gasteiger charge is 2.16. The Balaban J connectivity index is 2.06. The highest BCUT2D eigenvalue weighted by molar-refractivity contribution is 6.33. The zero-order valence-corrected chi connectivity index (χ0v) is 10.1. The maximum Gasteiger partial charge on any atom is 0.271 e. The molecule has 0 aliphatic rings. The van der Waals surface area contributed by atoms with Gasteiger partial charge in [-0.05, 0) is 19.1 Å². The van der Waals surface area contributed by atoms with Crippen LogP contribution in [0.25, 0.3) is 0 Å². The van der Waals surface area contributed by atoms with Crippen molar-refractivity contribution in [1.29, 1.82) is 0 Å². The first kappa shape index (κ1) is 11.7. The molecular formula is C11H12ClN3O2. The molecule has 0 saturated heterocycles. The SMILES string of the molecule is CCn1ncc(Cl)c1C(=O)NCc1ccco1. The highest BCUT2D eigenvalue weighted by atomic mass is 35.5. The molecule has 0 aliphatic carbocycles. The Morgan fingerprint density at radius 2 is 2.47 bits per heavy atom. The summed E-state index contributed by atoms with van der Waals surface area (Å²) in [6.45, 7) is 2.82. The summed E-state index contributed by atoms with van der Waals surface area (Å²) in [7, 11) is 0. The van der Waals surface area contributed by atoms with E-state index in [1.54, 1.807) is 23.1 Å². The molecule has 2 rings (SSSR count). The van der Waals surface area contributed by atoms with Crippen molar-refractivity contribution < 1.29 is 9.21 Å². The van der Waals surface area contributed by atoms with E-state index in [0.717, 1.165) is 0 Å². The fourth-order valence-corrected chi connectivity index (χ4v) is 1.72. The average molecular weight is 254 g/mol. The third kappa shape index (κ3) is 2.50. The van der Waals surface area contributed by atoms with Gasteiger partial charge in [-0.15, -0.1) is 0 Å². The Morgan fingerprint density at radius 3 is 3.12 bits per heavy atom. The Kier molecular flexibility index (Phi) is 3.49. The first-order valence-corrected chi connectivity index (χ1v) is 5.62. The van der Waals surface area contributed by atoms with Gasteiger partial charge in [-0.2, -0.15) is 5.10 Å². The van der Waals surface area contributed by atoms with Gasteiger partial charge < -0.3 is 9.73 Å². The number of hydrogen-bond donors (Lipinski definition) is 1. The topological polar surface area (TPSA) is 60.1 Å². The second-order valence-corrected chi connectivity index (χ2v) is 3.83. The van der Waals surface area contributed by atoms with Crippen LogP contribution < -0.4 is 5.32 Å². The molecule has 90 valence electrons. The van der Waals surface area contributed by atoms with Crippen LogP contribution in [0.1, 0.15) is 23.2 Å². The number of carbonyl (C=O) groups is 1. The molecule has 0 fully saturated rings. The molecule has 0 saturated carbocycles. The number of furan rings is 1. The third-order valence-electron chi connectivity index (χ3n) is 2.31. The standard InChI is InChI=1S/C11H12ClN3O2/c1-2-15-10(9(12)7-14-15)11(16)13-6-8-4-3-5-17-8/h3-5,7H,2,6H2,1H3,(H,13,16). The van der Waals surface area contributed by atoms with Crippen LogP contribution in [0.5, 0.6) is 0 Å². The van der Waals surface area contributed by atoms with Crippen molar-refractivity contribution >= 4 is 17.5 Å². The van der Waals surface area contributed by atoms with Crippen LogP contribution in [-0.4, -0.2) is 15.7 Å². The fraction of sp³-hybridized carbons (Fsp3) is 0.273. The van der Waals surface area contributed by atoms with Crippen LogP contribution in [0.4, 0.5) is 0 Å². The molecule has 2 aromatic heterocycles. The van der Waals surface area contributed by atoms with Crippen molar-refractivity contribution in [1.82, 2.24) is 15.1 Å². The Morgan fingerprint density at radius 1 is 1.65 bits per heavy atom. The largest absolute Gasteiger partial charge is 0.467 e. The minimum atomic E-state index is -0.259. The van der Waals surface area contributed by atoms with Gasteiger partial charge in [-0.1, -0.05) is 11.6 Å². The van der Waals surface area contributed by atoms with Gasteiger partial charge in [-0.25, -0.2) is 0 Å². The molecule has 0 unspecified atom stereocenters. The molecule has 2 aromatic rings. The van der Waals surface area contributed by atoms with Gasteiger partial charge in [0.05, 0.1) is 24.0 Å². The summed E-state index contributed by atoms with van der Waals surface area (Å²) in [4.78, 5) is 11.9. The smallest absolute Gasteiger partial charge is 0.271 e. The van der Waals surface area contributed by atoms with E-state index in [2.05, 4.69) is 10.4 Å². The number of nitrogens with one attached hydrogen (secondary N) is 1. The third-order valence-corrected chi connectivity index (χ3v) is 2.59. The van der Waals surface area contributed by atoms with E-state index in [1.807, 2.05) is 6.92 Å². The van der Waals surface area contributed by atoms with Gasteiger partial charge in [0.15, 0.2) is 0 Å². The number of aryl methyl sites for hydroxylation is 1. The molecule has 0 aliphatic heterocycles. The van der Waals surface area contributed by atoms with Crippen LogP contribution in [-0.2, 0) is 13.1 Å². The number of halogens is 1. The van der Waals surface area contributed by atoms with E-state index in [-0.39, 0.29) is 5.91 Å². The lowest BCUT2D eigenvalue weighted by molar-refractivity contribution is 0.0937. The van der Waals surface area contributed by atoms with Gasteiger partial charge in [0.25, 0.3) is 5.91 Å². The van der Waals surface area contributed by atoms with Crippen LogP contribution in [0.15, 0.2) is 29.0 Å². The number of nitrogens with zero attached hydrogens (tertiary/aromatic N) is 2. The number of carbonyl (C=O) groups excluding carboxylic acids is 1. The average Bonchev–Trinajstić information content (AvgIpc) is 2.94. The number of hydrogen-bond acceptors (Lipinski definition) is 3. The van der Waals surface area contributed by atoms with Gasteiger partial charge >= 0.3 is 0 Å². The van der Waals surface area contributed by atoms with Crippen LogP contribution in [0, 0.1) is 0 Å². The molecule has 6 heteroatoms. The van der Waals surface area contributed by atoms with E-state index in [1.165, 1.54) is 6.20 Å². The normalized spacial score (nSPS) is 10.5. The number of rotatable bonds is 4. The predicted octanol–water partition coefficient (Wildman–Crippen LogP) is 2.08. The van der Waals surface area contributed by atoms with E-state index >= 15 is 0 Å². The fourth-order valence-electron chi connectivity index (χ4n) is 1.49. The summed E-state index contributed by atoms with van der Waals surface area (Å²) in [6.07, 6.45) is 3.03. The lowest BCUT2D eigenvalue weighted by Crippen LogP contribution is -2.25. The maximum absolute atomic E-state index is 11.9. The van der Waals surface area contributed by atoms with E-state index in [9.17, 15) is 4.79 Å². The minimum absolute atomic E-state index is 0.259. The monoisotopic (exact) mass is 253 g/mol. The summed E-state index contributed by atoms with van der Waals surface area (Å²) < 4.78 is 6.67. The van der Waals surface area contributed by atoms with Crippen molar-refractivity contribution in [2.45, 2.75) is 20.0 Å². The summed E-state index contributed by atoms with van der Waals surface area (Å²) in [5.41, 5.74) is 0.376. The molecule has 1 N–H and O–H groups in total. The quantitative estimate of drug-likeness (QED) is 0.908. The van der Waals surface area contributed by atoms with Gasteiger partial charge in [0.2, 0.25) is 0 Å². The maximum atomic E-state index is 11.9. The van der Waals surface area contributed by atoms with Gasteiger partial charge in [0, 0.05) is 6.54 Å². The van der Waals surface area contributed by atoms with E-state index < -0.39 is 0 Å². The van der Waals surface area contributed by atoms with Crippen LogP contribution in [0.2, 0.25) is 5.02 Å². The van der Waals surface area contributed by atoms with Crippen LogP contribution in [0.3, 0.4) is 0 Å². The Labute approximate surface area is 103 Å². The van der Waals surface area contributed by atoms with Crippen LogP contribution >= 0.6 is 11.6 Å². The number of amides is 1. The molecule has 2 heterocycles. The Bertz CT molecular complexity index is 505. The lowest BCUT2D eigenvalue weighted by Gasteiger charge is -2.05. The molecule has 0 spiro atoms. The zero-order valence-electron chi connectivity index (χ0n) is 9.31. The molecule has 17 heavy (non-hydrogen) atoms. The summed E-state index contributed by atoms with van der Waals surface area (Å²) >= 11 is 5.91. The predicted molar refractivity (Wildman–Crippen MR) is 62.8 cm³/mol. The zero-order chi connectivity index (χ0) is 12.3. The van der Waals surface area contributed by atoms with Gasteiger partial charge in [-0.3, -0.25) is 9.48 Å². The molecule has 1 amide bonds. The summed E-state index contributed by atoms with van der Waals surface area (Å²) in [5.74, 6) is 0.433. The molecular weight excluding hydrogens is 242 g/mol. The van der Waals surface area contributed by atoms with Crippen molar-refractivity contribution in [3.8, 4) is 0 Å². The van der Waals surface area contributed by atoms with Crippen molar-refractivity contribution in [3.63, 3.8) is 0 Å². The number of aromatic nitrogens is 2. The first-order valence-electron chi connectivity index (χ1n) is 5.24. The highest BCUT2D eigenvalue weighted by Crippen LogP contribution is 2.15. The molecule has 0 radical (unpaired) electrons. The summed E-state index contributed by atoms with van der Waals surface area (Å²) in [6, 6.07) is 3.56. The van der Waals surface area contributed by atoms with Gasteiger partial charge in [0.1, 0.15) is 11.5 Å². The molecule has 0 bridgehead atoms. The second kappa shape index (κ2) is 5.05. The lowest BCUT2D eigenvalue weighted by atomic mass is 10.3. The molecule has 0 aromatic carbocycles. The molecule has 5 nitrogen and oxygen atoms in total. The minimum Gasteiger partial charge on any atom is -0.467 e. The second-order valence-electron chi connectivity index (χ2n) is 3.42.